The third kappa shape index (κ3) is 3.61. The summed E-state index contributed by atoms with van der Waals surface area (Å²) >= 11 is 1.68. The molecule has 0 aliphatic carbocycles. The highest BCUT2D eigenvalue weighted by Crippen LogP contribution is 2.35. The standard InChI is InChI=1S/C22H27N5O2S/c1-22(2,3)18(21(29)23-4)26-20(28)17-15-11-24-9-10-27(15)19(25-17)14-12-30-16-8-6-5-7-13(14)16/h5-8,12,18,24H,9-11H2,1-4H3,(H,23,29)(H,26,28)/t18-/m1/s1. The molecule has 1 aliphatic heterocycles. The van der Waals surface area contributed by atoms with E-state index in [0.29, 0.717) is 12.2 Å². The Morgan fingerprint density at radius 1 is 1.27 bits per heavy atom. The molecule has 8 heteroatoms. The van der Waals surface area contributed by atoms with Crippen LogP contribution in [0.2, 0.25) is 0 Å². The second-order valence-electron chi connectivity index (χ2n) is 8.59. The average molecular weight is 426 g/mol. The molecule has 0 unspecified atom stereocenters. The van der Waals surface area contributed by atoms with E-state index in [-0.39, 0.29) is 11.8 Å². The summed E-state index contributed by atoms with van der Waals surface area (Å²) in [6.07, 6.45) is 0. The Bertz CT molecular complexity index is 1110. The van der Waals surface area contributed by atoms with Crippen molar-refractivity contribution in [2.45, 2.75) is 39.9 Å². The molecule has 2 aromatic heterocycles. The van der Waals surface area contributed by atoms with Gasteiger partial charge in [0.25, 0.3) is 5.91 Å². The van der Waals surface area contributed by atoms with Gasteiger partial charge in [-0.05, 0) is 11.5 Å². The van der Waals surface area contributed by atoms with Gasteiger partial charge in [0.1, 0.15) is 11.9 Å². The second-order valence-corrected chi connectivity index (χ2v) is 9.50. The van der Waals surface area contributed by atoms with Crippen molar-refractivity contribution in [1.82, 2.24) is 25.5 Å². The number of carbonyl (C=O) groups is 2. The molecule has 0 fully saturated rings. The molecule has 0 bridgehead atoms. The van der Waals surface area contributed by atoms with Gasteiger partial charge < -0.3 is 20.5 Å². The van der Waals surface area contributed by atoms with Crippen LogP contribution < -0.4 is 16.0 Å². The van der Waals surface area contributed by atoms with Crippen LogP contribution in [0.5, 0.6) is 0 Å². The van der Waals surface area contributed by atoms with E-state index in [1.807, 2.05) is 32.9 Å². The van der Waals surface area contributed by atoms with Gasteiger partial charge in [-0.3, -0.25) is 9.59 Å². The van der Waals surface area contributed by atoms with Crippen LogP contribution in [0.25, 0.3) is 21.5 Å². The first-order valence-electron chi connectivity index (χ1n) is 10.1. The van der Waals surface area contributed by atoms with Crippen LogP contribution in [0.4, 0.5) is 0 Å². The second kappa shape index (κ2) is 7.85. The highest BCUT2D eigenvalue weighted by Gasteiger charge is 2.34. The number of carbonyl (C=O) groups excluding carboxylic acids is 2. The third-order valence-electron chi connectivity index (χ3n) is 5.46. The predicted octanol–water partition coefficient (Wildman–Crippen LogP) is 2.76. The number of hydrogen-bond donors (Lipinski definition) is 3. The van der Waals surface area contributed by atoms with Crippen molar-refractivity contribution >= 4 is 33.2 Å². The van der Waals surface area contributed by atoms with Gasteiger partial charge in [0, 0.05) is 47.7 Å². The number of imidazole rings is 1. The topological polar surface area (TPSA) is 88.1 Å². The van der Waals surface area contributed by atoms with E-state index in [0.717, 1.165) is 35.6 Å². The predicted molar refractivity (Wildman–Crippen MR) is 120 cm³/mol. The molecule has 1 atom stereocenters. The van der Waals surface area contributed by atoms with Gasteiger partial charge in [0.15, 0.2) is 5.69 Å². The summed E-state index contributed by atoms with van der Waals surface area (Å²) in [6.45, 7) is 7.93. The zero-order valence-electron chi connectivity index (χ0n) is 17.7. The van der Waals surface area contributed by atoms with Gasteiger partial charge in [0.2, 0.25) is 5.91 Å². The Balaban J connectivity index is 1.76. The number of aromatic nitrogens is 2. The largest absolute Gasteiger partial charge is 0.357 e. The number of thiophene rings is 1. The molecule has 0 saturated heterocycles. The number of nitrogens with zero attached hydrogens (tertiary/aromatic N) is 2. The Morgan fingerprint density at radius 2 is 2.03 bits per heavy atom. The lowest BCUT2D eigenvalue weighted by atomic mass is 9.86. The number of nitrogens with one attached hydrogen (secondary N) is 3. The number of fused-ring (bicyclic) bond motifs is 2. The molecule has 7 nitrogen and oxygen atoms in total. The van der Waals surface area contributed by atoms with Gasteiger partial charge in [-0.15, -0.1) is 11.3 Å². The van der Waals surface area contributed by atoms with Crippen molar-refractivity contribution in [3.05, 3.63) is 41.0 Å². The Morgan fingerprint density at radius 3 is 2.77 bits per heavy atom. The summed E-state index contributed by atoms with van der Waals surface area (Å²) in [5.41, 5.74) is 1.84. The van der Waals surface area contributed by atoms with E-state index < -0.39 is 11.5 Å². The van der Waals surface area contributed by atoms with E-state index in [2.05, 4.69) is 38.0 Å². The van der Waals surface area contributed by atoms with Crippen LogP contribution in [-0.4, -0.2) is 41.0 Å². The highest BCUT2D eigenvalue weighted by molar-refractivity contribution is 7.17. The Kier molecular flexibility index (Phi) is 5.38. The lowest BCUT2D eigenvalue weighted by Crippen LogP contribution is -2.53. The molecule has 158 valence electrons. The first kappa shape index (κ1) is 20.6. The maximum atomic E-state index is 13.2. The molecule has 0 saturated carbocycles. The molecule has 0 radical (unpaired) electrons. The summed E-state index contributed by atoms with van der Waals surface area (Å²) < 4.78 is 3.32. The number of hydrogen-bond acceptors (Lipinski definition) is 5. The van der Waals surface area contributed by atoms with Crippen molar-refractivity contribution < 1.29 is 9.59 Å². The van der Waals surface area contributed by atoms with Crippen LogP contribution in [0, 0.1) is 5.41 Å². The molecule has 3 aromatic rings. The first-order valence-corrected chi connectivity index (χ1v) is 11.0. The minimum Gasteiger partial charge on any atom is -0.357 e. The minimum atomic E-state index is -0.658. The van der Waals surface area contributed by atoms with Gasteiger partial charge >= 0.3 is 0 Å². The number of rotatable bonds is 4. The van der Waals surface area contributed by atoms with E-state index >= 15 is 0 Å². The van der Waals surface area contributed by atoms with Crippen LogP contribution >= 0.6 is 11.3 Å². The Hall–Kier alpha value is -2.71. The number of likely N-dealkylation sites (N-methyl/N-ethyl adjacent to an activating group) is 1. The van der Waals surface area contributed by atoms with Crippen molar-refractivity contribution in [2.75, 3.05) is 13.6 Å². The van der Waals surface area contributed by atoms with Crippen molar-refractivity contribution in [3.63, 3.8) is 0 Å². The zero-order chi connectivity index (χ0) is 21.5. The third-order valence-corrected chi connectivity index (χ3v) is 6.43. The average Bonchev–Trinajstić information content (AvgIpc) is 3.32. The molecule has 3 heterocycles. The normalized spacial score (nSPS) is 14.9. The first-order chi connectivity index (χ1) is 14.3. The smallest absolute Gasteiger partial charge is 0.272 e. The molecule has 0 spiro atoms. The fourth-order valence-corrected chi connectivity index (χ4v) is 4.80. The summed E-state index contributed by atoms with van der Waals surface area (Å²) in [5.74, 6) is 0.268. The summed E-state index contributed by atoms with van der Waals surface area (Å²) in [6, 6.07) is 7.57. The fourth-order valence-electron chi connectivity index (χ4n) is 3.86. The highest BCUT2D eigenvalue weighted by atomic mass is 32.1. The van der Waals surface area contributed by atoms with Gasteiger partial charge in [-0.25, -0.2) is 4.98 Å². The van der Waals surface area contributed by atoms with Crippen LogP contribution in [0.1, 0.15) is 37.0 Å². The number of amides is 2. The van der Waals surface area contributed by atoms with Gasteiger partial charge in [-0.2, -0.15) is 0 Å². The van der Waals surface area contributed by atoms with Crippen LogP contribution in [0.3, 0.4) is 0 Å². The van der Waals surface area contributed by atoms with Crippen molar-refractivity contribution in [2.24, 2.45) is 5.41 Å². The maximum Gasteiger partial charge on any atom is 0.272 e. The molecule has 1 aromatic carbocycles. The quantitative estimate of drug-likeness (QED) is 0.600. The van der Waals surface area contributed by atoms with Crippen LogP contribution in [0.15, 0.2) is 29.6 Å². The van der Waals surface area contributed by atoms with E-state index in [4.69, 9.17) is 4.98 Å². The Labute approximate surface area is 179 Å². The van der Waals surface area contributed by atoms with Gasteiger partial charge in [-0.1, -0.05) is 39.0 Å². The fraction of sp³-hybridized carbons (Fsp3) is 0.409. The van der Waals surface area contributed by atoms with Gasteiger partial charge in [0.05, 0.1) is 5.69 Å². The lowest BCUT2D eigenvalue weighted by Gasteiger charge is -2.29. The summed E-state index contributed by atoms with van der Waals surface area (Å²) in [4.78, 5) is 30.4. The zero-order valence-corrected chi connectivity index (χ0v) is 18.5. The minimum absolute atomic E-state index is 0.217. The van der Waals surface area contributed by atoms with E-state index in [9.17, 15) is 9.59 Å². The van der Waals surface area contributed by atoms with Crippen molar-refractivity contribution in [3.8, 4) is 11.4 Å². The monoisotopic (exact) mass is 425 g/mol. The lowest BCUT2D eigenvalue weighted by molar-refractivity contribution is -0.124. The van der Waals surface area contributed by atoms with E-state index in [1.54, 1.807) is 18.4 Å². The summed E-state index contributed by atoms with van der Waals surface area (Å²) in [5, 5.41) is 12.1. The molecular weight excluding hydrogens is 398 g/mol. The molecule has 1 aliphatic rings. The molecule has 2 amide bonds. The molecular formula is C22H27N5O2S. The maximum absolute atomic E-state index is 13.2. The molecule has 4 rings (SSSR count). The number of benzene rings is 1. The van der Waals surface area contributed by atoms with Crippen LogP contribution in [-0.2, 0) is 17.9 Å². The molecule has 3 N–H and O–H groups in total. The molecule has 30 heavy (non-hydrogen) atoms. The van der Waals surface area contributed by atoms with E-state index in [1.165, 1.54) is 4.70 Å². The van der Waals surface area contributed by atoms with Crippen molar-refractivity contribution in [1.29, 1.82) is 0 Å². The summed E-state index contributed by atoms with van der Waals surface area (Å²) in [7, 11) is 1.58. The SMILES string of the molecule is CNC(=O)[C@@H](NC(=O)c1nc(-c2csc3ccccc23)n2c1CNCC2)C(C)(C)C.